The van der Waals surface area contributed by atoms with Crippen LogP contribution in [0.5, 0.6) is 0 Å². The van der Waals surface area contributed by atoms with Gasteiger partial charge in [-0.2, -0.15) is 0 Å². The van der Waals surface area contributed by atoms with Gasteiger partial charge in [0.05, 0.1) is 5.75 Å². The van der Waals surface area contributed by atoms with E-state index >= 15 is 0 Å². The molecule has 120 valence electrons. The number of nitrogens with one attached hydrogen (secondary N) is 1. The van der Waals surface area contributed by atoms with Crippen LogP contribution in [0.15, 0.2) is 0 Å². The van der Waals surface area contributed by atoms with Crippen molar-refractivity contribution in [1.29, 1.82) is 0 Å². The second-order valence-electron chi connectivity index (χ2n) is 5.57. The van der Waals surface area contributed by atoms with Crippen molar-refractivity contribution in [3.05, 3.63) is 0 Å². The highest BCUT2D eigenvalue weighted by molar-refractivity contribution is 7.89. The summed E-state index contributed by atoms with van der Waals surface area (Å²) in [6.45, 7) is 6.12. The van der Waals surface area contributed by atoms with Crippen LogP contribution in [0.1, 0.15) is 39.0 Å². The van der Waals surface area contributed by atoms with Gasteiger partial charge in [-0.25, -0.2) is 12.7 Å². The van der Waals surface area contributed by atoms with Crippen LogP contribution in [-0.2, 0) is 14.8 Å². The molecule has 1 fully saturated rings. The number of hydrogen-bond donors (Lipinski definition) is 1. The van der Waals surface area contributed by atoms with E-state index in [2.05, 4.69) is 12.2 Å². The Bertz CT molecular complexity index is 338. The molecule has 0 bridgehead atoms. The molecule has 1 rings (SSSR count). The van der Waals surface area contributed by atoms with Crippen molar-refractivity contribution in [1.82, 2.24) is 9.62 Å². The van der Waals surface area contributed by atoms with Crippen LogP contribution < -0.4 is 5.32 Å². The predicted octanol–water partition coefficient (Wildman–Crippen LogP) is 1.45. The van der Waals surface area contributed by atoms with Gasteiger partial charge in [-0.05, 0) is 51.1 Å². The lowest BCUT2D eigenvalue weighted by Gasteiger charge is -2.30. The molecule has 5 nitrogen and oxygen atoms in total. The minimum absolute atomic E-state index is 0.287. The monoisotopic (exact) mass is 306 g/mol. The summed E-state index contributed by atoms with van der Waals surface area (Å²) in [6.07, 6.45) is 4.64. The van der Waals surface area contributed by atoms with E-state index in [9.17, 15) is 8.42 Å². The van der Waals surface area contributed by atoms with E-state index < -0.39 is 10.0 Å². The van der Waals surface area contributed by atoms with E-state index in [4.69, 9.17) is 4.74 Å². The molecule has 0 radical (unpaired) electrons. The van der Waals surface area contributed by atoms with Crippen molar-refractivity contribution >= 4 is 10.0 Å². The minimum atomic E-state index is -3.05. The number of unbranched alkanes of at least 4 members (excludes halogenated alkanes) is 1. The van der Waals surface area contributed by atoms with Crippen LogP contribution >= 0.6 is 0 Å². The molecule has 0 spiro atoms. The summed E-state index contributed by atoms with van der Waals surface area (Å²) in [5.41, 5.74) is 0. The predicted molar refractivity (Wildman–Crippen MR) is 82.4 cm³/mol. The molecular weight excluding hydrogens is 276 g/mol. The van der Waals surface area contributed by atoms with Gasteiger partial charge in [0.25, 0.3) is 0 Å². The van der Waals surface area contributed by atoms with Gasteiger partial charge < -0.3 is 10.1 Å². The number of methoxy groups -OCH3 is 1. The molecular formula is C14H30N2O3S. The third-order valence-electron chi connectivity index (χ3n) is 3.80. The Morgan fingerprint density at radius 1 is 1.20 bits per heavy atom. The molecule has 0 aromatic carbocycles. The maximum absolute atomic E-state index is 12.2. The number of nitrogens with zero attached hydrogens (tertiary/aromatic N) is 1. The quantitative estimate of drug-likeness (QED) is 0.621. The molecule has 0 atom stereocenters. The van der Waals surface area contributed by atoms with Crippen molar-refractivity contribution in [2.45, 2.75) is 39.0 Å². The molecule has 1 aliphatic rings. The van der Waals surface area contributed by atoms with E-state index in [-0.39, 0.29) is 5.75 Å². The first kappa shape index (κ1) is 17.9. The number of ether oxygens (including phenoxy) is 1. The fraction of sp³-hybridized carbons (Fsp3) is 1.00. The largest absolute Gasteiger partial charge is 0.384 e. The summed E-state index contributed by atoms with van der Waals surface area (Å²) < 4.78 is 31.2. The molecule has 0 aliphatic carbocycles. The lowest BCUT2D eigenvalue weighted by molar-refractivity contribution is 0.121. The Balaban J connectivity index is 2.21. The molecule has 20 heavy (non-hydrogen) atoms. The van der Waals surface area contributed by atoms with Gasteiger partial charge in [-0.1, -0.05) is 6.92 Å². The van der Waals surface area contributed by atoms with Gasteiger partial charge in [-0.3, -0.25) is 0 Å². The van der Waals surface area contributed by atoms with E-state index in [1.165, 1.54) is 0 Å². The van der Waals surface area contributed by atoms with Gasteiger partial charge >= 0.3 is 0 Å². The normalized spacial score (nSPS) is 18.5. The van der Waals surface area contributed by atoms with Crippen LogP contribution in [0, 0.1) is 5.92 Å². The van der Waals surface area contributed by atoms with Crippen molar-refractivity contribution in [2.24, 2.45) is 5.92 Å². The summed E-state index contributed by atoms with van der Waals surface area (Å²) in [5.74, 6) is 0.806. The Morgan fingerprint density at radius 2 is 1.90 bits per heavy atom. The average Bonchev–Trinajstić information content (AvgIpc) is 2.44. The maximum Gasteiger partial charge on any atom is 0.214 e. The van der Waals surface area contributed by atoms with E-state index in [1.54, 1.807) is 11.4 Å². The molecule has 0 saturated carbocycles. The van der Waals surface area contributed by atoms with Crippen LogP contribution in [0.3, 0.4) is 0 Å². The zero-order chi connectivity index (χ0) is 14.8. The summed E-state index contributed by atoms with van der Waals surface area (Å²) in [5, 5.41) is 3.30. The first-order valence-electron chi connectivity index (χ1n) is 7.77. The van der Waals surface area contributed by atoms with Gasteiger partial charge in [-0.15, -0.1) is 0 Å². The Morgan fingerprint density at radius 3 is 2.50 bits per heavy atom. The number of hydrogen-bond acceptors (Lipinski definition) is 4. The first-order valence-corrected chi connectivity index (χ1v) is 9.38. The third-order valence-corrected chi connectivity index (χ3v) is 5.76. The molecule has 6 heteroatoms. The van der Waals surface area contributed by atoms with Gasteiger partial charge in [0, 0.05) is 26.8 Å². The lowest BCUT2D eigenvalue weighted by atomic mass is 9.99. The lowest BCUT2D eigenvalue weighted by Crippen LogP contribution is -2.40. The first-order chi connectivity index (χ1) is 9.60. The van der Waals surface area contributed by atoms with Crippen LogP contribution in [-0.4, -0.2) is 58.4 Å². The highest BCUT2D eigenvalue weighted by atomic mass is 32.2. The van der Waals surface area contributed by atoms with Crippen molar-refractivity contribution < 1.29 is 13.2 Å². The third kappa shape index (κ3) is 6.52. The van der Waals surface area contributed by atoms with E-state index in [1.807, 2.05) is 0 Å². The molecule has 1 N–H and O–H groups in total. The number of rotatable bonds is 10. The molecule has 0 amide bonds. The molecule has 1 heterocycles. The van der Waals surface area contributed by atoms with Crippen molar-refractivity contribution in [3.8, 4) is 0 Å². The molecule has 0 aromatic rings. The fourth-order valence-electron chi connectivity index (χ4n) is 2.56. The average molecular weight is 306 g/mol. The summed E-state index contributed by atoms with van der Waals surface area (Å²) in [4.78, 5) is 0. The Labute approximate surface area is 124 Å². The second kappa shape index (κ2) is 9.71. The highest BCUT2D eigenvalue weighted by Gasteiger charge is 2.27. The van der Waals surface area contributed by atoms with Crippen molar-refractivity contribution in [3.63, 3.8) is 0 Å². The van der Waals surface area contributed by atoms with E-state index in [0.29, 0.717) is 19.0 Å². The van der Waals surface area contributed by atoms with Gasteiger partial charge in [0.2, 0.25) is 10.0 Å². The Hall–Kier alpha value is -0.170. The SMILES string of the molecule is CCCNCCCCS(=O)(=O)N1CCC(COC)CC1. The summed E-state index contributed by atoms with van der Waals surface area (Å²) >= 11 is 0. The Kier molecular flexibility index (Phi) is 8.68. The molecule has 0 unspecified atom stereocenters. The summed E-state index contributed by atoms with van der Waals surface area (Å²) in [6, 6.07) is 0. The zero-order valence-corrected chi connectivity index (χ0v) is 13.8. The zero-order valence-electron chi connectivity index (χ0n) is 12.9. The standard InChI is InChI=1S/C14H30N2O3S/c1-3-8-15-9-4-5-12-20(17,18)16-10-6-14(7-11-16)13-19-2/h14-15H,3-13H2,1-2H3. The van der Waals surface area contributed by atoms with Gasteiger partial charge in [0.1, 0.15) is 0 Å². The summed E-state index contributed by atoms with van der Waals surface area (Å²) in [7, 11) is -1.35. The minimum Gasteiger partial charge on any atom is -0.384 e. The fourth-order valence-corrected chi connectivity index (χ4v) is 4.15. The van der Waals surface area contributed by atoms with Crippen LogP contribution in [0.2, 0.25) is 0 Å². The number of sulfonamides is 1. The van der Waals surface area contributed by atoms with Crippen LogP contribution in [0.4, 0.5) is 0 Å². The van der Waals surface area contributed by atoms with E-state index in [0.717, 1.165) is 51.8 Å². The van der Waals surface area contributed by atoms with Crippen LogP contribution in [0.25, 0.3) is 0 Å². The highest BCUT2D eigenvalue weighted by Crippen LogP contribution is 2.20. The second-order valence-corrected chi connectivity index (χ2v) is 7.66. The van der Waals surface area contributed by atoms with Gasteiger partial charge in [0.15, 0.2) is 0 Å². The molecule has 0 aromatic heterocycles. The molecule has 1 aliphatic heterocycles. The van der Waals surface area contributed by atoms with Crippen molar-refractivity contribution in [2.75, 3.05) is 45.6 Å². The smallest absolute Gasteiger partial charge is 0.214 e. The maximum atomic E-state index is 12.2. The molecule has 1 saturated heterocycles. The topological polar surface area (TPSA) is 58.6 Å². The number of piperidine rings is 1.